The first-order valence-electron chi connectivity index (χ1n) is 7.15. The highest BCUT2D eigenvalue weighted by Crippen LogP contribution is 2.31. The van der Waals surface area contributed by atoms with Gasteiger partial charge in [-0.1, -0.05) is 11.6 Å². The molecule has 3 rings (SSSR count). The van der Waals surface area contributed by atoms with E-state index in [1.807, 2.05) is 0 Å². The lowest BCUT2D eigenvalue weighted by molar-refractivity contribution is -0.384. The number of hydrogen-bond donors (Lipinski definition) is 2. The molecule has 0 spiro atoms. The highest BCUT2D eigenvalue weighted by atomic mass is 35.5. The molecule has 0 unspecified atom stereocenters. The lowest BCUT2D eigenvalue weighted by atomic mass is 10.1. The second kappa shape index (κ2) is 6.26. The van der Waals surface area contributed by atoms with E-state index in [2.05, 4.69) is 10.6 Å². The number of anilines is 2. The Morgan fingerprint density at radius 3 is 2.48 bits per heavy atom. The van der Waals surface area contributed by atoms with Gasteiger partial charge in [0.2, 0.25) is 0 Å². The quantitative estimate of drug-likeness (QED) is 0.638. The van der Waals surface area contributed by atoms with E-state index in [0.29, 0.717) is 22.4 Å². The van der Waals surface area contributed by atoms with Crippen molar-refractivity contribution in [2.45, 2.75) is 18.9 Å². The molecule has 6 nitrogen and oxygen atoms in total. The molecule has 1 amide bonds. The highest BCUT2D eigenvalue weighted by Gasteiger charge is 2.25. The predicted molar refractivity (Wildman–Crippen MR) is 89.1 cm³/mol. The number of hydrogen-bond acceptors (Lipinski definition) is 4. The van der Waals surface area contributed by atoms with Crippen LogP contribution in [0.2, 0.25) is 5.02 Å². The van der Waals surface area contributed by atoms with Crippen molar-refractivity contribution in [2.75, 3.05) is 10.6 Å². The van der Waals surface area contributed by atoms with Crippen molar-refractivity contribution in [3.8, 4) is 0 Å². The zero-order chi connectivity index (χ0) is 16.4. The Balaban J connectivity index is 1.80. The SMILES string of the molecule is O=C(Nc1ccc(Cl)cc1)c1ccc(NC2CC2)c([N+](=O)[O-])c1. The van der Waals surface area contributed by atoms with Gasteiger partial charge in [-0.05, 0) is 49.2 Å². The average Bonchev–Trinajstić information content (AvgIpc) is 3.33. The van der Waals surface area contributed by atoms with E-state index in [9.17, 15) is 14.9 Å². The first-order chi connectivity index (χ1) is 11.0. The number of benzene rings is 2. The zero-order valence-corrected chi connectivity index (χ0v) is 12.8. The van der Waals surface area contributed by atoms with E-state index in [1.54, 1.807) is 36.4 Å². The van der Waals surface area contributed by atoms with Gasteiger partial charge in [0.15, 0.2) is 0 Å². The van der Waals surface area contributed by atoms with Crippen LogP contribution in [0.25, 0.3) is 0 Å². The third-order valence-electron chi connectivity index (χ3n) is 3.50. The molecule has 7 heteroatoms. The van der Waals surface area contributed by atoms with Crippen LogP contribution in [0.4, 0.5) is 17.1 Å². The van der Waals surface area contributed by atoms with E-state index in [1.165, 1.54) is 6.07 Å². The number of rotatable bonds is 5. The highest BCUT2D eigenvalue weighted by molar-refractivity contribution is 6.30. The van der Waals surface area contributed by atoms with E-state index < -0.39 is 10.8 Å². The summed E-state index contributed by atoms with van der Waals surface area (Å²) in [7, 11) is 0. The minimum absolute atomic E-state index is 0.0966. The molecule has 1 aliphatic carbocycles. The molecule has 118 valence electrons. The molecular formula is C16H14ClN3O3. The van der Waals surface area contributed by atoms with Crippen molar-refractivity contribution in [3.05, 3.63) is 63.2 Å². The molecular weight excluding hydrogens is 318 g/mol. The fourth-order valence-electron chi connectivity index (χ4n) is 2.13. The van der Waals surface area contributed by atoms with E-state index in [0.717, 1.165) is 12.8 Å². The summed E-state index contributed by atoms with van der Waals surface area (Å²) in [6, 6.07) is 11.4. The fourth-order valence-corrected chi connectivity index (χ4v) is 2.26. The Morgan fingerprint density at radius 2 is 1.87 bits per heavy atom. The first-order valence-corrected chi connectivity index (χ1v) is 7.52. The van der Waals surface area contributed by atoms with Gasteiger partial charge in [0.25, 0.3) is 11.6 Å². The number of amides is 1. The smallest absolute Gasteiger partial charge is 0.293 e. The fraction of sp³-hybridized carbons (Fsp3) is 0.188. The minimum Gasteiger partial charge on any atom is -0.377 e. The van der Waals surface area contributed by atoms with Crippen LogP contribution in [0.3, 0.4) is 0 Å². The first kappa shape index (κ1) is 15.3. The molecule has 1 aliphatic rings. The summed E-state index contributed by atoms with van der Waals surface area (Å²) in [4.78, 5) is 23.0. The van der Waals surface area contributed by atoms with Gasteiger partial charge in [0, 0.05) is 28.4 Å². The van der Waals surface area contributed by atoms with Crippen LogP contribution < -0.4 is 10.6 Å². The Labute approximate surface area is 137 Å². The van der Waals surface area contributed by atoms with Crippen LogP contribution >= 0.6 is 11.6 Å². The standard InChI is InChI=1S/C16H14ClN3O3/c17-11-2-4-13(5-3-11)19-16(21)10-1-8-14(18-12-6-7-12)15(9-10)20(22)23/h1-5,8-9,12,18H,6-7H2,(H,19,21). The van der Waals surface area contributed by atoms with Crippen LogP contribution in [-0.2, 0) is 0 Å². The van der Waals surface area contributed by atoms with Gasteiger partial charge in [-0.25, -0.2) is 0 Å². The second-order valence-electron chi connectivity index (χ2n) is 5.37. The lowest BCUT2D eigenvalue weighted by Crippen LogP contribution is -2.13. The van der Waals surface area contributed by atoms with Crippen molar-refractivity contribution < 1.29 is 9.72 Å². The number of halogens is 1. The molecule has 0 radical (unpaired) electrons. The van der Waals surface area contributed by atoms with Gasteiger partial charge < -0.3 is 10.6 Å². The Kier molecular flexibility index (Phi) is 4.16. The molecule has 2 N–H and O–H groups in total. The third-order valence-corrected chi connectivity index (χ3v) is 3.75. The maximum atomic E-state index is 12.2. The van der Waals surface area contributed by atoms with Crippen LogP contribution in [-0.4, -0.2) is 16.9 Å². The molecule has 2 aromatic carbocycles. The largest absolute Gasteiger partial charge is 0.377 e. The molecule has 0 aromatic heterocycles. The summed E-state index contributed by atoms with van der Waals surface area (Å²) in [5.41, 5.74) is 1.15. The maximum absolute atomic E-state index is 12.2. The Morgan fingerprint density at radius 1 is 1.17 bits per heavy atom. The summed E-state index contributed by atoms with van der Waals surface area (Å²) >= 11 is 5.79. The summed E-state index contributed by atoms with van der Waals surface area (Å²) in [6.45, 7) is 0. The second-order valence-corrected chi connectivity index (χ2v) is 5.81. The maximum Gasteiger partial charge on any atom is 0.293 e. The third kappa shape index (κ3) is 3.78. The number of nitrogens with zero attached hydrogens (tertiary/aromatic N) is 1. The van der Waals surface area contributed by atoms with Crippen LogP contribution in [0.1, 0.15) is 23.2 Å². The molecule has 0 heterocycles. The summed E-state index contributed by atoms with van der Waals surface area (Å²) in [5, 5.41) is 17.6. The monoisotopic (exact) mass is 331 g/mol. The van der Waals surface area contributed by atoms with Crippen molar-refractivity contribution in [1.29, 1.82) is 0 Å². The number of nitro groups is 1. The van der Waals surface area contributed by atoms with Gasteiger partial charge in [-0.15, -0.1) is 0 Å². The van der Waals surface area contributed by atoms with Crippen LogP contribution in [0.5, 0.6) is 0 Å². The topological polar surface area (TPSA) is 84.3 Å². The number of carbonyl (C=O) groups is 1. The molecule has 2 aromatic rings. The molecule has 0 aliphatic heterocycles. The normalized spacial score (nSPS) is 13.4. The van der Waals surface area contributed by atoms with Crippen molar-refractivity contribution >= 4 is 34.6 Å². The van der Waals surface area contributed by atoms with Crippen molar-refractivity contribution in [1.82, 2.24) is 0 Å². The average molecular weight is 332 g/mol. The molecule has 0 bridgehead atoms. The summed E-state index contributed by atoms with van der Waals surface area (Å²) in [6.07, 6.45) is 2.02. The van der Waals surface area contributed by atoms with Gasteiger partial charge in [-0.3, -0.25) is 14.9 Å². The van der Waals surface area contributed by atoms with Crippen molar-refractivity contribution in [2.24, 2.45) is 0 Å². The predicted octanol–water partition coefficient (Wildman–Crippen LogP) is 4.07. The van der Waals surface area contributed by atoms with Crippen molar-refractivity contribution in [3.63, 3.8) is 0 Å². The van der Waals surface area contributed by atoms with Gasteiger partial charge in [0.05, 0.1) is 4.92 Å². The van der Waals surface area contributed by atoms with Gasteiger partial charge >= 0.3 is 0 Å². The van der Waals surface area contributed by atoms with E-state index >= 15 is 0 Å². The van der Waals surface area contributed by atoms with E-state index in [-0.39, 0.29) is 11.3 Å². The zero-order valence-electron chi connectivity index (χ0n) is 12.1. The van der Waals surface area contributed by atoms with Gasteiger partial charge in [0.1, 0.15) is 5.69 Å². The Hall–Kier alpha value is -2.60. The number of nitro benzene ring substituents is 1. The van der Waals surface area contributed by atoms with Crippen LogP contribution in [0, 0.1) is 10.1 Å². The molecule has 0 atom stereocenters. The number of nitrogens with one attached hydrogen (secondary N) is 2. The Bertz CT molecular complexity index is 758. The van der Waals surface area contributed by atoms with Gasteiger partial charge in [-0.2, -0.15) is 0 Å². The minimum atomic E-state index is -0.482. The van der Waals surface area contributed by atoms with Crippen LogP contribution in [0.15, 0.2) is 42.5 Å². The summed E-state index contributed by atoms with van der Waals surface area (Å²) < 4.78 is 0. The molecule has 0 saturated heterocycles. The molecule has 1 saturated carbocycles. The number of carbonyl (C=O) groups excluding carboxylic acids is 1. The van der Waals surface area contributed by atoms with E-state index in [4.69, 9.17) is 11.6 Å². The summed E-state index contributed by atoms with van der Waals surface area (Å²) in [5.74, 6) is -0.409. The lowest BCUT2D eigenvalue weighted by Gasteiger charge is -2.08. The molecule has 1 fully saturated rings. The molecule has 23 heavy (non-hydrogen) atoms.